The van der Waals surface area contributed by atoms with Crippen molar-refractivity contribution >= 4 is 12.4 Å². The highest BCUT2D eigenvalue weighted by molar-refractivity contribution is 5.85. The van der Waals surface area contributed by atoms with E-state index in [2.05, 4.69) is 32.4 Å². The molecule has 20 heavy (non-hydrogen) atoms. The zero-order valence-electron chi connectivity index (χ0n) is 11.6. The Bertz CT molecular complexity index is 527. The average Bonchev–Trinajstić information content (AvgIpc) is 2.86. The Morgan fingerprint density at radius 3 is 2.95 bits per heavy atom. The first kappa shape index (κ1) is 15.0. The Labute approximate surface area is 125 Å². The van der Waals surface area contributed by atoms with Gasteiger partial charge in [0.2, 0.25) is 0 Å². The molecule has 1 saturated heterocycles. The summed E-state index contributed by atoms with van der Waals surface area (Å²) in [7, 11) is 2.00. The van der Waals surface area contributed by atoms with Gasteiger partial charge in [0.1, 0.15) is 0 Å². The number of pyridine rings is 1. The molecular formula is C14H20ClN5. The second kappa shape index (κ2) is 6.83. The number of hydrogen-bond acceptors (Lipinski definition) is 4. The Morgan fingerprint density at radius 1 is 1.35 bits per heavy atom. The van der Waals surface area contributed by atoms with Gasteiger partial charge < -0.3 is 5.32 Å². The van der Waals surface area contributed by atoms with Crippen LogP contribution in [0.4, 0.5) is 0 Å². The fourth-order valence-corrected chi connectivity index (χ4v) is 2.60. The van der Waals surface area contributed by atoms with Crippen molar-refractivity contribution in [3.63, 3.8) is 0 Å². The van der Waals surface area contributed by atoms with Crippen LogP contribution in [0.3, 0.4) is 0 Å². The third-order valence-electron chi connectivity index (χ3n) is 3.71. The van der Waals surface area contributed by atoms with Gasteiger partial charge in [-0.1, -0.05) is 6.07 Å². The van der Waals surface area contributed by atoms with Crippen molar-refractivity contribution < 1.29 is 0 Å². The number of nitrogens with one attached hydrogen (secondary N) is 1. The van der Waals surface area contributed by atoms with E-state index in [1.165, 1.54) is 11.3 Å². The van der Waals surface area contributed by atoms with Crippen molar-refractivity contribution in [2.24, 2.45) is 7.05 Å². The maximum absolute atomic E-state index is 4.24. The molecule has 0 bridgehead atoms. The lowest BCUT2D eigenvalue weighted by Gasteiger charge is -2.36. The molecule has 0 amide bonds. The van der Waals surface area contributed by atoms with Crippen LogP contribution in [-0.2, 0) is 13.6 Å². The molecule has 6 heteroatoms. The lowest BCUT2D eigenvalue weighted by atomic mass is 10.1. The van der Waals surface area contributed by atoms with Gasteiger partial charge in [0.05, 0.1) is 5.69 Å². The van der Waals surface area contributed by atoms with Crippen LogP contribution >= 0.6 is 12.4 Å². The largest absolute Gasteiger partial charge is 0.314 e. The number of nitrogens with zero attached hydrogens (tertiary/aromatic N) is 4. The van der Waals surface area contributed by atoms with E-state index in [4.69, 9.17) is 0 Å². The summed E-state index contributed by atoms with van der Waals surface area (Å²) in [5.74, 6) is 0. The van der Waals surface area contributed by atoms with Gasteiger partial charge in [-0.05, 0) is 17.7 Å². The minimum absolute atomic E-state index is 0. The van der Waals surface area contributed by atoms with Gasteiger partial charge in [0.25, 0.3) is 0 Å². The van der Waals surface area contributed by atoms with E-state index in [1.54, 1.807) is 0 Å². The summed E-state index contributed by atoms with van der Waals surface area (Å²) in [5.41, 5.74) is 2.52. The molecule has 1 N–H and O–H groups in total. The van der Waals surface area contributed by atoms with Gasteiger partial charge in [0, 0.05) is 57.9 Å². The summed E-state index contributed by atoms with van der Waals surface area (Å²) in [5, 5.41) is 7.71. The van der Waals surface area contributed by atoms with Gasteiger partial charge in [-0.25, -0.2) is 0 Å². The van der Waals surface area contributed by atoms with Crippen molar-refractivity contribution in [3.05, 3.63) is 48.0 Å². The molecule has 0 aromatic carbocycles. The number of rotatable bonds is 3. The molecular weight excluding hydrogens is 274 g/mol. The van der Waals surface area contributed by atoms with E-state index in [0.717, 1.165) is 26.2 Å². The lowest BCUT2D eigenvalue weighted by Crippen LogP contribution is -2.45. The Balaban J connectivity index is 0.00000147. The summed E-state index contributed by atoms with van der Waals surface area (Å²) in [6.45, 7) is 3.99. The molecule has 0 spiro atoms. The second-order valence-electron chi connectivity index (χ2n) is 4.92. The number of aromatic nitrogens is 3. The monoisotopic (exact) mass is 293 g/mol. The first-order valence-electron chi connectivity index (χ1n) is 6.66. The van der Waals surface area contributed by atoms with E-state index >= 15 is 0 Å². The number of halogens is 1. The summed E-state index contributed by atoms with van der Waals surface area (Å²) in [4.78, 5) is 6.73. The smallest absolute Gasteiger partial charge is 0.0521 e. The molecule has 3 heterocycles. The molecule has 2 aromatic heterocycles. The summed E-state index contributed by atoms with van der Waals surface area (Å²) in [6, 6.07) is 6.63. The number of aryl methyl sites for hydroxylation is 1. The highest BCUT2D eigenvalue weighted by Gasteiger charge is 2.24. The number of hydrogen-bond donors (Lipinski definition) is 1. The fourth-order valence-electron chi connectivity index (χ4n) is 2.60. The van der Waals surface area contributed by atoms with Crippen molar-refractivity contribution in [1.29, 1.82) is 0 Å². The molecule has 0 aliphatic carbocycles. The molecule has 1 fully saturated rings. The molecule has 3 rings (SSSR count). The topological polar surface area (TPSA) is 46.0 Å². The molecule has 1 unspecified atom stereocenters. The minimum Gasteiger partial charge on any atom is -0.314 e. The van der Waals surface area contributed by atoms with Crippen LogP contribution in [0.1, 0.15) is 17.3 Å². The molecule has 0 saturated carbocycles. The number of piperazine rings is 1. The van der Waals surface area contributed by atoms with E-state index in [0.29, 0.717) is 6.04 Å². The van der Waals surface area contributed by atoms with Gasteiger partial charge >= 0.3 is 0 Å². The standard InChI is InChI=1S/C14H19N5.ClH/c1-18-13(4-6-17-18)11-19-8-7-16-10-14(19)12-3-2-5-15-9-12;/h2-6,9,14,16H,7-8,10-11H2,1H3;1H. The quantitative estimate of drug-likeness (QED) is 0.929. The van der Waals surface area contributed by atoms with Gasteiger partial charge in [-0.2, -0.15) is 5.10 Å². The summed E-state index contributed by atoms with van der Waals surface area (Å²) in [6.07, 6.45) is 5.65. The van der Waals surface area contributed by atoms with Crippen molar-refractivity contribution in [3.8, 4) is 0 Å². The first-order valence-corrected chi connectivity index (χ1v) is 6.66. The zero-order valence-corrected chi connectivity index (χ0v) is 12.4. The average molecular weight is 294 g/mol. The van der Waals surface area contributed by atoms with Crippen LogP contribution < -0.4 is 5.32 Å². The fraction of sp³-hybridized carbons (Fsp3) is 0.429. The molecule has 1 atom stereocenters. The van der Waals surface area contributed by atoms with Crippen LogP contribution in [0.5, 0.6) is 0 Å². The van der Waals surface area contributed by atoms with Crippen molar-refractivity contribution in [2.75, 3.05) is 19.6 Å². The van der Waals surface area contributed by atoms with E-state index in [1.807, 2.05) is 36.4 Å². The second-order valence-corrected chi connectivity index (χ2v) is 4.92. The van der Waals surface area contributed by atoms with E-state index in [-0.39, 0.29) is 12.4 Å². The Kier molecular flexibility index (Phi) is 5.11. The van der Waals surface area contributed by atoms with E-state index < -0.39 is 0 Å². The summed E-state index contributed by atoms with van der Waals surface area (Å²) < 4.78 is 1.95. The van der Waals surface area contributed by atoms with Gasteiger partial charge in [-0.15, -0.1) is 12.4 Å². The Morgan fingerprint density at radius 2 is 2.25 bits per heavy atom. The predicted octanol–water partition coefficient (Wildman–Crippen LogP) is 1.38. The Hall–Kier alpha value is -1.43. The van der Waals surface area contributed by atoms with Crippen LogP contribution in [0, 0.1) is 0 Å². The first-order chi connectivity index (χ1) is 9.34. The van der Waals surface area contributed by atoms with Crippen molar-refractivity contribution in [2.45, 2.75) is 12.6 Å². The highest BCUT2D eigenvalue weighted by Crippen LogP contribution is 2.23. The molecule has 108 valence electrons. The molecule has 5 nitrogen and oxygen atoms in total. The van der Waals surface area contributed by atoms with Crippen LogP contribution in [0.25, 0.3) is 0 Å². The summed E-state index contributed by atoms with van der Waals surface area (Å²) >= 11 is 0. The normalized spacial score (nSPS) is 19.6. The van der Waals surface area contributed by atoms with Crippen LogP contribution in [-0.4, -0.2) is 39.3 Å². The maximum Gasteiger partial charge on any atom is 0.0521 e. The zero-order chi connectivity index (χ0) is 13.1. The van der Waals surface area contributed by atoms with Gasteiger partial charge in [0.15, 0.2) is 0 Å². The predicted molar refractivity (Wildman–Crippen MR) is 80.7 cm³/mol. The molecule has 0 radical (unpaired) electrons. The molecule has 2 aromatic rings. The van der Waals surface area contributed by atoms with E-state index in [9.17, 15) is 0 Å². The lowest BCUT2D eigenvalue weighted by molar-refractivity contribution is 0.150. The third-order valence-corrected chi connectivity index (χ3v) is 3.71. The maximum atomic E-state index is 4.24. The third kappa shape index (κ3) is 3.17. The van der Waals surface area contributed by atoms with Crippen LogP contribution in [0.15, 0.2) is 36.8 Å². The van der Waals surface area contributed by atoms with Crippen molar-refractivity contribution in [1.82, 2.24) is 25.0 Å². The molecule has 1 aliphatic heterocycles. The van der Waals surface area contributed by atoms with Gasteiger partial charge in [-0.3, -0.25) is 14.6 Å². The van der Waals surface area contributed by atoms with Crippen LogP contribution in [0.2, 0.25) is 0 Å². The highest BCUT2D eigenvalue weighted by atomic mass is 35.5. The SMILES string of the molecule is Cl.Cn1nccc1CN1CCNCC1c1cccnc1. The molecule has 1 aliphatic rings. The minimum atomic E-state index is 0.